The van der Waals surface area contributed by atoms with Gasteiger partial charge in [-0.05, 0) is 54.9 Å². The molecule has 2 aliphatic rings. The molecule has 1 atom stereocenters. The molecular formula is C26H28N2O2. The third kappa shape index (κ3) is 3.50. The number of pyridine rings is 1. The maximum Gasteiger partial charge on any atom is 0.233 e. The van der Waals surface area contributed by atoms with Crippen LogP contribution in [0.25, 0.3) is 10.9 Å². The van der Waals surface area contributed by atoms with Crippen molar-refractivity contribution >= 4 is 16.8 Å². The molecule has 2 fully saturated rings. The minimum atomic E-state index is -0.433. The van der Waals surface area contributed by atoms with Gasteiger partial charge in [0.05, 0.1) is 10.9 Å². The van der Waals surface area contributed by atoms with E-state index in [1.54, 1.807) is 0 Å². The van der Waals surface area contributed by atoms with Crippen LogP contribution in [-0.2, 0) is 21.4 Å². The molecule has 3 heterocycles. The normalized spacial score (nSPS) is 21.1. The molecule has 4 heteroatoms. The smallest absolute Gasteiger partial charge is 0.233 e. The number of carbonyl (C=O) groups excluding carboxylic acids is 1. The highest BCUT2D eigenvalue weighted by Gasteiger charge is 2.45. The van der Waals surface area contributed by atoms with Crippen molar-refractivity contribution in [2.45, 2.75) is 31.1 Å². The van der Waals surface area contributed by atoms with Gasteiger partial charge in [-0.25, -0.2) is 0 Å². The van der Waals surface area contributed by atoms with E-state index in [0.29, 0.717) is 25.0 Å². The van der Waals surface area contributed by atoms with Gasteiger partial charge >= 0.3 is 0 Å². The number of fused-ring (bicyclic) bond motifs is 1. The van der Waals surface area contributed by atoms with Gasteiger partial charge in [-0.1, -0.05) is 48.5 Å². The van der Waals surface area contributed by atoms with Gasteiger partial charge in [0.1, 0.15) is 0 Å². The fourth-order valence-corrected chi connectivity index (χ4v) is 5.25. The molecule has 0 N–H and O–H groups in total. The third-order valence-electron chi connectivity index (χ3n) is 6.90. The van der Waals surface area contributed by atoms with Gasteiger partial charge in [0.2, 0.25) is 5.91 Å². The van der Waals surface area contributed by atoms with Crippen LogP contribution in [0.2, 0.25) is 0 Å². The number of carbonyl (C=O) groups is 1. The average molecular weight is 401 g/mol. The lowest BCUT2D eigenvalue weighted by Gasteiger charge is -2.39. The molecule has 30 heavy (non-hydrogen) atoms. The first-order valence-corrected chi connectivity index (χ1v) is 11.0. The molecule has 0 unspecified atom stereocenters. The Bertz CT molecular complexity index is 1020. The summed E-state index contributed by atoms with van der Waals surface area (Å²) in [7, 11) is 0. The number of rotatable bonds is 4. The number of hydrogen-bond donors (Lipinski definition) is 0. The van der Waals surface area contributed by atoms with Crippen LogP contribution in [0.5, 0.6) is 0 Å². The SMILES string of the molecule is O=C(N1CC[C@H](Cc2cccc3ncccc23)C1)C1(c2ccccc2)CCOCC1. The molecule has 0 aliphatic carbocycles. The van der Waals surface area contributed by atoms with Crippen LogP contribution in [0.15, 0.2) is 66.9 Å². The van der Waals surface area contributed by atoms with Crippen molar-refractivity contribution < 1.29 is 9.53 Å². The van der Waals surface area contributed by atoms with Crippen LogP contribution in [0.1, 0.15) is 30.4 Å². The molecule has 0 saturated carbocycles. The minimum absolute atomic E-state index is 0.291. The molecule has 2 aromatic carbocycles. The van der Waals surface area contributed by atoms with Crippen molar-refractivity contribution in [1.29, 1.82) is 0 Å². The first kappa shape index (κ1) is 19.3. The monoisotopic (exact) mass is 400 g/mol. The van der Waals surface area contributed by atoms with E-state index in [1.807, 2.05) is 30.5 Å². The lowest BCUT2D eigenvalue weighted by atomic mass is 9.73. The first-order chi connectivity index (χ1) is 14.8. The van der Waals surface area contributed by atoms with E-state index in [2.05, 4.69) is 46.3 Å². The van der Waals surface area contributed by atoms with E-state index in [9.17, 15) is 4.79 Å². The molecule has 1 amide bonds. The average Bonchev–Trinajstić information content (AvgIpc) is 3.28. The number of nitrogens with zero attached hydrogens (tertiary/aromatic N) is 2. The van der Waals surface area contributed by atoms with E-state index in [0.717, 1.165) is 49.9 Å². The summed E-state index contributed by atoms with van der Waals surface area (Å²) in [6, 6.07) is 20.9. The van der Waals surface area contributed by atoms with Gasteiger partial charge in [0.25, 0.3) is 0 Å². The minimum Gasteiger partial charge on any atom is -0.381 e. The summed E-state index contributed by atoms with van der Waals surface area (Å²) >= 11 is 0. The maximum absolute atomic E-state index is 13.8. The van der Waals surface area contributed by atoms with Gasteiger partial charge in [0, 0.05) is 37.9 Å². The van der Waals surface area contributed by atoms with Crippen LogP contribution in [-0.4, -0.2) is 42.1 Å². The Morgan fingerprint density at radius 1 is 1.03 bits per heavy atom. The summed E-state index contributed by atoms with van der Waals surface area (Å²) < 4.78 is 5.62. The second-order valence-corrected chi connectivity index (χ2v) is 8.66. The van der Waals surface area contributed by atoms with Gasteiger partial charge < -0.3 is 9.64 Å². The second-order valence-electron chi connectivity index (χ2n) is 8.66. The number of ether oxygens (including phenoxy) is 1. The summed E-state index contributed by atoms with van der Waals surface area (Å²) in [6.45, 7) is 2.99. The van der Waals surface area contributed by atoms with Crippen molar-refractivity contribution in [3.8, 4) is 0 Å². The highest BCUT2D eigenvalue weighted by Crippen LogP contribution is 2.38. The Labute approximate surface area is 177 Å². The topological polar surface area (TPSA) is 42.4 Å². The van der Waals surface area contributed by atoms with Gasteiger partial charge in [-0.3, -0.25) is 9.78 Å². The van der Waals surface area contributed by atoms with Crippen molar-refractivity contribution in [2.24, 2.45) is 5.92 Å². The molecular weight excluding hydrogens is 372 g/mol. The molecule has 3 aromatic rings. The third-order valence-corrected chi connectivity index (χ3v) is 6.90. The standard InChI is InChI=1S/C26H28N2O2/c29-25(26(12-16-30-17-13-26)22-7-2-1-3-8-22)28-15-11-20(19-28)18-21-6-4-10-24-23(21)9-5-14-27-24/h1-10,14,20H,11-13,15-19H2/t20-/m1/s1. The lowest BCUT2D eigenvalue weighted by molar-refractivity contribution is -0.140. The van der Waals surface area contributed by atoms with Crippen LogP contribution < -0.4 is 0 Å². The number of hydrogen-bond acceptors (Lipinski definition) is 3. The van der Waals surface area contributed by atoms with E-state index in [4.69, 9.17) is 4.74 Å². The summed E-state index contributed by atoms with van der Waals surface area (Å²) in [5.41, 5.74) is 3.09. The Morgan fingerprint density at radius 3 is 2.70 bits per heavy atom. The van der Waals surface area contributed by atoms with Crippen LogP contribution >= 0.6 is 0 Å². The van der Waals surface area contributed by atoms with Gasteiger partial charge in [-0.15, -0.1) is 0 Å². The van der Waals surface area contributed by atoms with E-state index in [1.165, 1.54) is 10.9 Å². The predicted octanol–water partition coefficient (Wildman–Crippen LogP) is 4.37. The second kappa shape index (κ2) is 8.19. The molecule has 5 rings (SSSR count). The maximum atomic E-state index is 13.8. The van der Waals surface area contributed by atoms with Gasteiger partial charge in [0.15, 0.2) is 0 Å². The first-order valence-electron chi connectivity index (χ1n) is 11.0. The van der Waals surface area contributed by atoms with Crippen molar-refractivity contribution in [3.05, 3.63) is 78.0 Å². The summed E-state index contributed by atoms with van der Waals surface area (Å²) in [5, 5.41) is 1.23. The van der Waals surface area contributed by atoms with Crippen molar-refractivity contribution in [1.82, 2.24) is 9.88 Å². The highest BCUT2D eigenvalue weighted by molar-refractivity contribution is 5.88. The Morgan fingerprint density at radius 2 is 1.87 bits per heavy atom. The molecule has 0 bridgehead atoms. The Balaban J connectivity index is 1.35. The number of likely N-dealkylation sites (tertiary alicyclic amines) is 1. The highest BCUT2D eigenvalue weighted by atomic mass is 16.5. The van der Waals surface area contributed by atoms with Gasteiger partial charge in [-0.2, -0.15) is 0 Å². The van der Waals surface area contributed by atoms with E-state index in [-0.39, 0.29) is 0 Å². The van der Waals surface area contributed by atoms with Crippen LogP contribution in [0.4, 0.5) is 0 Å². The molecule has 4 nitrogen and oxygen atoms in total. The lowest BCUT2D eigenvalue weighted by Crippen LogP contribution is -2.49. The zero-order valence-electron chi connectivity index (χ0n) is 17.3. The molecule has 0 radical (unpaired) electrons. The zero-order chi connectivity index (χ0) is 20.4. The quantitative estimate of drug-likeness (QED) is 0.653. The predicted molar refractivity (Wildman–Crippen MR) is 118 cm³/mol. The number of benzene rings is 2. The summed E-state index contributed by atoms with van der Waals surface area (Å²) in [5.74, 6) is 0.784. The fraction of sp³-hybridized carbons (Fsp3) is 0.385. The molecule has 2 aliphatic heterocycles. The number of amides is 1. The molecule has 1 aromatic heterocycles. The molecule has 154 valence electrons. The van der Waals surface area contributed by atoms with Crippen molar-refractivity contribution in [3.63, 3.8) is 0 Å². The van der Waals surface area contributed by atoms with E-state index >= 15 is 0 Å². The summed E-state index contributed by atoms with van der Waals surface area (Å²) in [4.78, 5) is 20.4. The zero-order valence-corrected chi connectivity index (χ0v) is 17.3. The van der Waals surface area contributed by atoms with E-state index < -0.39 is 5.41 Å². The Kier molecular flexibility index (Phi) is 5.26. The fourth-order valence-electron chi connectivity index (χ4n) is 5.25. The summed E-state index contributed by atoms with van der Waals surface area (Å²) in [6.07, 6.45) is 5.44. The van der Waals surface area contributed by atoms with Crippen LogP contribution in [0.3, 0.4) is 0 Å². The number of aromatic nitrogens is 1. The molecule has 0 spiro atoms. The Hall–Kier alpha value is -2.72. The van der Waals surface area contributed by atoms with Crippen molar-refractivity contribution in [2.75, 3.05) is 26.3 Å². The molecule has 2 saturated heterocycles. The largest absolute Gasteiger partial charge is 0.381 e. The van der Waals surface area contributed by atoms with Crippen LogP contribution in [0, 0.1) is 5.92 Å².